The number of benzene rings is 1. The molecule has 0 spiro atoms. The molecule has 23 heavy (non-hydrogen) atoms. The van der Waals surface area contributed by atoms with Gasteiger partial charge in [0.05, 0.1) is 12.2 Å². The lowest BCUT2D eigenvalue weighted by Gasteiger charge is -2.19. The molecule has 1 aromatic rings. The third kappa shape index (κ3) is 3.54. The van der Waals surface area contributed by atoms with Gasteiger partial charge in [0.15, 0.2) is 0 Å². The topological polar surface area (TPSA) is 55.4 Å². The third-order valence-electron chi connectivity index (χ3n) is 4.59. The summed E-state index contributed by atoms with van der Waals surface area (Å²) in [6.45, 7) is 0.726. The fourth-order valence-electron chi connectivity index (χ4n) is 2.86. The van der Waals surface area contributed by atoms with Gasteiger partial charge in [0.2, 0.25) is 10.0 Å². The molecule has 0 bridgehead atoms. The molecule has 2 aliphatic rings. The molecular formula is C15H18F3NO3S. The van der Waals surface area contributed by atoms with Gasteiger partial charge in [-0.1, -0.05) is 18.2 Å². The molecular weight excluding hydrogens is 331 g/mol. The van der Waals surface area contributed by atoms with Crippen LogP contribution in [-0.4, -0.2) is 33.4 Å². The summed E-state index contributed by atoms with van der Waals surface area (Å²) < 4.78 is 70.5. The molecule has 1 N–H and O–H groups in total. The highest BCUT2D eigenvalue weighted by molar-refractivity contribution is 7.90. The molecule has 1 heterocycles. The molecule has 8 heteroatoms. The first-order valence-electron chi connectivity index (χ1n) is 7.47. The predicted molar refractivity (Wildman–Crippen MR) is 78.5 cm³/mol. The highest BCUT2D eigenvalue weighted by atomic mass is 32.2. The Labute approximate surface area is 133 Å². The number of hydrogen-bond donors (Lipinski definition) is 1. The number of alkyl halides is 3. The zero-order valence-corrected chi connectivity index (χ0v) is 13.2. The van der Waals surface area contributed by atoms with E-state index >= 15 is 0 Å². The van der Waals surface area contributed by atoms with Crippen molar-refractivity contribution in [3.05, 3.63) is 35.4 Å². The van der Waals surface area contributed by atoms with Crippen molar-refractivity contribution >= 4 is 10.0 Å². The van der Waals surface area contributed by atoms with Crippen molar-refractivity contribution in [2.24, 2.45) is 0 Å². The van der Waals surface area contributed by atoms with Gasteiger partial charge in [-0.25, -0.2) is 13.1 Å². The number of sulfonamides is 1. The number of ether oxygens (including phenoxy) is 1. The lowest BCUT2D eigenvalue weighted by Crippen LogP contribution is -2.39. The molecule has 1 atom stereocenters. The van der Waals surface area contributed by atoms with E-state index in [1.165, 1.54) is 6.07 Å². The molecule has 0 amide bonds. The summed E-state index contributed by atoms with van der Waals surface area (Å²) in [5.74, 6) is 0. The van der Waals surface area contributed by atoms with Crippen LogP contribution in [0.5, 0.6) is 0 Å². The van der Waals surface area contributed by atoms with Crippen molar-refractivity contribution in [2.75, 3.05) is 19.8 Å². The van der Waals surface area contributed by atoms with E-state index in [0.717, 1.165) is 12.1 Å². The summed E-state index contributed by atoms with van der Waals surface area (Å²) >= 11 is 0. The van der Waals surface area contributed by atoms with Gasteiger partial charge in [-0.15, -0.1) is 0 Å². The largest absolute Gasteiger partial charge is 0.416 e. The van der Waals surface area contributed by atoms with Gasteiger partial charge in [0, 0.05) is 18.6 Å². The van der Waals surface area contributed by atoms with Crippen LogP contribution in [0.1, 0.15) is 30.4 Å². The number of hydrogen-bond acceptors (Lipinski definition) is 3. The molecule has 4 nitrogen and oxygen atoms in total. The summed E-state index contributed by atoms with van der Waals surface area (Å²) in [6, 6.07) is 5.16. The average Bonchev–Trinajstić information content (AvgIpc) is 3.07. The van der Waals surface area contributed by atoms with Crippen LogP contribution in [0.15, 0.2) is 24.3 Å². The highest BCUT2D eigenvalue weighted by Gasteiger charge is 2.46. The SMILES string of the molecule is O=S(=O)(NCC1(c2cccc(C(F)(F)F)c2)CC1)[C@@H]1CCOC1. The molecule has 1 aromatic carbocycles. The predicted octanol–water partition coefficient (Wildman–Crippen LogP) is 2.45. The highest BCUT2D eigenvalue weighted by Crippen LogP contribution is 2.48. The van der Waals surface area contributed by atoms with Crippen LogP contribution >= 0.6 is 0 Å². The molecule has 0 aromatic heterocycles. The second-order valence-corrected chi connectivity index (χ2v) is 8.26. The van der Waals surface area contributed by atoms with Gasteiger partial charge in [-0.2, -0.15) is 13.2 Å². The minimum atomic E-state index is -4.40. The van der Waals surface area contributed by atoms with Gasteiger partial charge in [-0.3, -0.25) is 0 Å². The maximum Gasteiger partial charge on any atom is 0.416 e. The molecule has 0 unspecified atom stereocenters. The van der Waals surface area contributed by atoms with Crippen LogP contribution < -0.4 is 4.72 Å². The first kappa shape index (κ1) is 16.7. The third-order valence-corrected chi connectivity index (χ3v) is 6.39. The molecule has 1 saturated carbocycles. The zero-order chi connectivity index (χ0) is 16.7. The van der Waals surface area contributed by atoms with Gasteiger partial charge in [0.25, 0.3) is 0 Å². The fourth-order valence-corrected chi connectivity index (χ4v) is 4.25. The van der Waals surface area contributed by atoms with Crippen molar-refractivity contribution in [1.29, 1.82) is 0 Å². The Morgan fingerprint density at radius 2 is 2.04 bits per heavy atom. The Kier molecular flexibility index (Phi) is 4.18. The van der Waals surface area contributed by atoms with E-state index in [1.807, 2.05) is 0 Å². The van der Waals surface area contributed by atoms with Gasteiger partial charge < -0.3 is 4.74 Å². The molecule has 3 rings (SSSR count). The minimum Gasteiger partial charge on any atom is -0.380 e. The van der Waals surface area contributed by atoms with Crippen LogP contribution in [0, 0.1) is 0 Å². The Hall–Kier alpha value is -1.12. The summed E-state index contributed by atoms with van der Waals surface area (Å²) in [5, 5.41) is -0.570. The van der Waals surface area contributed by atoms with E-state index in [2.05, 4.69) is 4.72 Å². The summed E-state index contributed by atoms with van der Waals surface area (Å²) in [4.78, 5) is 0. The first-order chi connectivity index (χ1) is 10.7. The van der Waals surface area contributed by atoms with Crippen molar-refractivity contribution in [3.63, 3.8) is 0 Å². The van der Waals surface area contributed by atoms with E-state index in [4.69, 9.17) is 4.74 Å². The van der Waals surface area contributed by atoms with Crippen molar-refractivity contribution in [3.8, 4) is 0 Å². The zero-order valence-electron chi connectivity index (χ0n) is 12.4. The number of rotatable bonds is 5. The number of halogens is 3. The molecule has 2 fully saturated rings. The average molecular weight is 349 g/mol. The Morgan fingerprint density at radius 1 is 1.30 bits per heavy atom. The Balaban J connectivity index is 1.73. The second kappa shape index (κ2) is 5.75. The smallest absolute Gasteiger partial charge is 0.380 e. The van der Waals surface area contributed by atoms with Gasteiger partial charge >= 0.3 is 6.18 Å². The van der Waals surface area contributed by atoms with Crippen LogP contribution in [0.3, 0.4) is 0 Å². The maximum atomic E-state index is 12.8. The van der Waals surface area contributed by atoms with Crippen LogP contribution in [0.2, 0.25) is 0 Å². The molecule has 0 radical (unpaired) electrons. The van der Waals surface area contributed by atoms with Crippen molar-refractivity contribution in [2.45, 2.75) is 36.1 Å². The van der Waals surface area contributed by atoms with E-state index < -0.39 is 32.4 Å². The quantitative estimate of drug-likeness (QED) is 0.888. The maximum absolute atomic E-state index is 12.8. The lowest BCUT2D eigenvalue weighted by molar-refractivity contribution is -0.137. The van der Waals surface area contributed by atoms with E-state index in [1.54, 1.807) is 6.07 Å². The first-order valence-corrected chi connectivity index (χ1v) is 9.02. The van der Waals surface area contributed by atoms with Crippen molar-refractivity contribution in [1.82, 2.24) is 4.72 Å². The van der Waals surface area contributed by atoms with Crippen LogP contribution in [-0.2, 0) is 26.4 Å². The Bertz CT molecular complexity index is 677. The normalized spacial score (nSPS) is 23.9. The second-order valence-electron chi connectivity index (χ2n) is 6.21. The molecule has 128 valence electrons. The monoisotopic (exact) mass is 349 g/mol. The summed E-state index contributed by atoms with van der Waals surface area (Å²) in [6.07, 6.45) is -2.59. The van der Waals surface area contributed by atoms with E-state index in [0.29, 0.717) is 31.4 Å². The van der Waals surface area contributed by atoms with Gasteiger partial charge in [-0.05, 0) is 30.9 Å². The van der Waals surface area contributed by atoms with E-state index in [9.17, 15) is 21.6 Å². The van der Waals surface area contributed by atoms with Gasteiger partial charge in [0.1, 0.15) is 5.25 Å². The van der Waals surface area contributed by atoms with Crippen LogP contribution in [0.25, 0.3) is 0 Å². The molecule has 1 aliphatic heterocycles. The molecule has 1 aliphatic carbocycles. The van der Waals surface area contributed by atoms with Crippen LogP contribution in [0.4, 0.5) is 13.2 Å². The minimum absolute atomic E-state index is 0.132. The summed E-state index contributed by atoms with van der Waals surface area (Å²) in [5.41, 5.74) is -0.681. The Morgan fingerprint density at radius 3 is 2.61 bits per heavy atom. The van der Waals surface area contributed by atoms with Crippen molar-refractivity contribution < 1.29 is 26.3 Å². The summed E-state index contributed by atoms with van der Waals surface area (Å²) in [7, 11) is -3.50. The fraction of sp³-hybridized carbons (Fsp3) is 0.600. The number of nitrogens with one attached hydrogen (secondary N) is 1. The standard InChI is InChI=1S/C15H18F3NO3S/c16-15(17,18)12-3-1-2-11(8-12)14(5-6-14)10-19-23(20,21)13-4-7-22-9-13/h1-3,8,13,19H,4-7,9-10H2/t13-/m1/s1. The molecule has 1 saturated heterocycles. The lowest BCUT2D eigenvalue weighted by atomic mass is 9.94. The van der Waals surface area contributed by atoms with E-state index in [-0.39, 0.29) is 13.2 Å².